The van der Waals surface area contributed by atoms with E-state index in [0.717, 1.165) is 30.0 Å². The minimum absolute atomic E-state index is 0.0780. The van der Waals surface area contributed by atoms with Crippen LogP contribution in [0.15, 0.2) is 78.6 Å². The van der Waals surface area contributed by atoms with Crippen LogP contribution in [0.2, 0.25) is 0 Å². The van der Waals surface area contributed by atoms with E-state index >= 15 is 0 Å². The Kier molecular flexibility index (Phi) is 9.32. The van der Waals surface area contributed by atoms with Gasteiger partial charge in [-0.05, 0) is 69.2 Å². The second-order valence-corrected chi connectivity index (χ2v) is 12.6. The summed E-state index contributed by atoms with van der Waals surface area (Å²) < 4.78 is 12.8. The van der Waals surface area contributed by atoms with Gasteiger partial charge in [-0.25, -0.2) is 14.8 Å². The van der Waals surface area contributed by atoms with E-state index in [4.69, 9.17) is 20.2 Å². The molecular weight excluding hydrogens is 608 g/mol. The zero-order chi connectivity index (χ0) is 33.8. The van der Waals surface area contributed by atoms with Crippen molar-refractivity contribution in [2.45, 2.75) is 38.1 Å². The fraction of sp³-hybridized carbons (Fsp3) is 0.361. The SMILES string of the molecule is COC(=O)N1CCN(C(C)(C)C=C(C#N)C(=O)N2CCC[C@@H](c3nc(-c4ccc(Oc5ccccc5)cc4)c4c(N)nccn34)C2)CC1. The number of methoxy groups -OCH3 is 1. The van der Waals surface area contributed by atoms with Crippen molar-refractivity contribution in [3.8, 4) is 28.8 Å². The Morgan fingerprint density at radius 3 is 2.40 bits per heavy atom. The zero-order valence-corrected chi connectivity index (χ0v) is 27.5. The molecule has 0 saturated carbocycles. The van der Waals surface area contributed by atoms with Crippen LogP contribution in [0.25, 0.3) is 16.8 Å². The fourth-order valence-electron chi connectivity index (χ4n) is 6.61. The van der Waals surface area contributed by atoms with E-state index in [0.29, 0.717) is 62.0 Å². The number of aromatic nitrogens is 3. The molecule has 0 spiro atoms. The highest BCUT2D eigenvalue weighted by Crippen LogP contribution is 2.35. The number of carbonyl (C=O) groups is 2. The number of ether oxygens (including phenoxy) is 2. The van der Waals surface area contributed by atoms with Gasteiger partial charge in [-0.15, -0.1) is 0 Å². The molecule has 4 aromatic rings. The van der Waals surface area contributed by atoms with Crippen molar-refractivity contribution in [2.24, 2.45) is 0 Å². The maximum absolute atomic E-state index is 13.8. The molecule has 248 valence electrons. The van der Waals surface area contributed by atoms with Crippen molar-refractivity contribution in [3.63, 3.8) is 0 Å². The number of carbonyl (C=O) groups excluding carboxylic acids is 2. The van der Waals surface area contributed by atoms with Gasteiger partial charge in [-0.3, -0.25) is 14.1 Å². The van der Waals surface area contributed by atoms with Gasteiger partial charge < -0.3 is 25.0 Å². The number of nitrogens with zero attached hydrogens (tertiary/aromatic N) is 7. The van der Waals surface area contributed by atoms with Crippen LogP contribution in [-0.4, -0.2) is 93.0 Å². The van der Waals surface area contributed by atoms with E-state index in [9.17, 15) is 14.9 Å². The molecule has 2 aliphatic rings. The van der Waals surface area contributed by atoms with Crippen LogP contribution in [0.1, 0.15) is 38.4 Å². The van der Waals surface area contributed by atoms with Gasteiger partial charge in [0.2, 0.25) is 0 Å². The first-order chi connectivity index (χ1) is 23.2. The Morgan fingerprint density at radius 2 is 1.71 bits per heavy atom. The average Bonchev–Trinajstić information content (AvgIpc) is 3.52. The standard InChI is InChI=1S/C36H40N8O4/c1-36(2,43-20-18-41(19-21-43)35(46)47-3)22-27(23-37)34(45)42-16-7-8-26(24-42)33-40-30(31-32(38)39-15-17-44(31)33)25-11-13-29(14-12-25)48-28-9-5-4-6-10-28/h4-6,9-15,17,22,26H,7-8,16,18-21,24H2,1-3H3,(H2,38,39)/t26-/m1/s1. The molecule has 0 bridgehead atoms. The first kappa shape index (κ1) is 32.5. The quantitative estimate of drug-likeness (QED) is 0.214. The number of hydrogen-bond donors (Lipinski definition) is 1. The number of amides is 2. The van der Waals surface area contributed by atoms with Crippen LogP contribution in [0, 0.1) is 11.3 Å². The Hall–Kier alpha value is -5.41. The van der Waals surface area contributed by atoms with Gasteiger partial charge in [-0.2, -0.15) is 5.26 Å². The van der Waals surface area contributed by atoms with Crippen molar-refractivity contribution in [1.29, 1.82) is 5.26 Å². The van der Waals surface area contributed by atoms with Gasteiger partial charge in [0.1, 0.15) is 46.0 Å². The molecule has 4 heterocycles. The number of anilines is 1. The van der Waals surface area contributed by atoms with Crippen LogP contribution in [0.3, 0.4) is 0 Å². The maximum atomic E-state index is 13.8. The third-order valence-electron chi connectivity index (χ3n) is 9.17. The molecule has 6 rings (SSSR count). The maximum Gasteiger partial charge on any atom is 0.409 e. The Bertz CT molecular complexity index is 1850. The lowest BCUT2D eigenvalue weighted by atomic mass is 9.94. The number of benzene rings is 2. The summed E-state index contributed by atoms with van der Waals surface area (Å²) in [7, 11) is 1.37. The molecule has 1 atom stereocenters. The number of likely N-dealkylation sites (tertiary alicyclic amines) is 1. The zero-order valence-electron chi connectivity index (χ0n) is 27.5. The number of nitrogens with two attached hydrogens (primary N) is 1. The van der Waals surface area contributed by atoms with Crippen LogP contribution in [-0.2, 0) is 9.53 Å². The van der Waals surface area contributed by atoms with Crippen LogP contribution in [0.5, 0.6) is 11.5 Å². The Labute approximate surface area is 280 Å². The Balaban J connectivity index is 1.21. The van der Waals surface area contributed by atoms with Crippen molar-refractivity contribution in [2.75, 3.05) is 52.1 Å². The van der Waals surface area contributed by atoms with Gasteiger partial charge in [0.15, 0.2) is 0 Å². The molecule has 12 heteroatoms. The van der Waals surface area contributed by atoms with E-state index in [1.807, 2.05) is 79.0 Å². The number of imidazole rings is 1. The van der Waals surface area contributed by atoms with E-state index in [-0.39, 0.29) is 23.5 Å². The van der Waals surface area contributed by atoms with Gasteiger partial charge in [0.05, 0.1) is 7.11 Å². The highest BCUT2D eigenvalue weighted by molar-refractivity contribution is 5.97. The van der Waals surface area contributed by atoms with Crippen LogP contribution in [0.4, 0.5) is 10.6 Å². The molecule has 48 heavy (non-hydrogen) atoms. The first-order valence-electron chi connectivity index (χ1n) is 16.1. The number of piperazine rings is 1. The Morgan fingerprint density at radius 1 is 1.00 bits per heavy atom. The van der Waals surface area contributed by atoms with Gasteiger partial charge in [0.25, 0.3) is 5.91 Å². The predicted molar refractivity (Wildman–Crippen MR) is 181 cm³/mol. The van der Waals surface area contributed by atoms with Crippen molar-refractivity contribution in [1.82, 2.24) is 29.1 Å². The lowest BCUT2D eigenvalue weighted by molar-refractivity contribution is -0.128. The van der Waals surface area contributed by atoms with Crippen LogP contribution >= 0.6 is 0 Å². The smallest absolute Gasteiger partial charge is 0.409 e. The lowest BCUT2D eigenvalue weighted by Crippen LogP contribution is -2.55. The summed E-state index contributed by atoms with van der Waals surface area (Å²) in [6.45, 7) is 7.18. The summed E-state index contributed by atoms with van der Waals surface area (Å²) in [5.74, 6) is 2.24. The largest absolute Gasteiger partial charge is 0.457 e. The van der Waals surface area contributed by atoms with E-state index in [1.54, 1.807) is 22.1 Å². The average molecular weight is 649 g/mol. The number of nitriles is 1. The summed E-state index contributed by atoms with van der Waals surface area (Å²) >= 11 is 0. The van der Waals surface area contributed by atoms with E-state index in [1.165, 1.54) is 7.11 Å². The predicted octanol–water partition coefficient (Wildman–Crippen LogP) is 5.09. The molecule has 0 unspecified atom stereocenters. The molecule has 0 radical (unpaired) electrons. The normalized spacial score (nSPS) is 17.6. The van der Waals surface area contributed by atoms with Gasteiger partial charge in [0, 0.05) is 68.7 Å². The number of para-hydroxylation sites is 1. The molecule has 2 N–H and O–H groups in total. The third kappa shape index (κ3) is 6.68. The molecular formula is C36H40N8O4. The highest BCUT2D eigenvalue weighted by atomic mass is 16.5. The number of hydrogen-bond acceptors (Lipinski definition) is 9. The third-order valence-corrected chi connectivity index (χ3v) is 9.17. The number of fused-ring (bicyclic) bond motifs is 1. The minimum atomic E-state index is -0.571. The second kappa shape index (κ2) is 13.8. The molecule has 2 aliphatic heterocycles. The number of nitrogen functional groups attached to an aromatic ring is 1. The van der Waals surface area contributed by atoms with E-state index < -0.39 is 5.54 Å². The molecule has 0 aliphatic carbocycles. The molecule has 2 aromatic heterocycles. The highest BCUT2D eigenvalue weighted by Gasteiger charge is 2.34. The molecule has 2 amide bonds. The summed E-state index contributed by atoms with van der Waals surface area (Å²) in [6, 6.07) is 19.5. The summed E-state index contributed by atoms with van der Waals surface area (Å²) in [4.78, 5) is 40.8. The topological polar surface area (TPSA) is 142 Å². The lowest BCUT2D eigenvalue weighted by Gasteiger charge is -2.42. The summed E-state index contributed by atoms with van der Waals surface area (Å²) in [6.07, 6.45) is 6.52. The second-order valence-electron chi connectivity index (χ2n) is 12.6. The van der Waals surface area contributed by atoms with Gasteiger partial charge in [-0.1, -0.05) is 18.2 Å². The number of rotatable bonds is 7. The molecule has 2 aromatic carbocycles. The van der Waals surface area contributed by atoms with Crippen molar-refractivity contribution in [3.05, 3.63) is 84.5 Å². The first-order valence-corrected chi connectivity index (χ1v) is 16.1. The monoisotopic (exact) mass is 648 g/mol. The molecule has 2 fully saturated rings. The molecule has 2 saturated heterocycles. The van der Waals surface area contributed by atoms with Gasteiger partial charge >= 0.3 is 6.09 Å². The van der Waals surface area contributed by atoms with Crippen LogP contribution < -0.4 is 10.5 Å². The minimum Gasteiger partial charge on any atom is -0.457 e. The fourth-order valence-corrected chi connectivity index (χ4v) is 6.61. The van der Waals surface area contributed by atoms with Crippen molar-refractivity contribution < 1.29 is 19.1 Å². The summed E-state index contributed by atoms with van der Waals surface area (Å²) in [5, 5.41) is 10.1. The summed E-state index contributed by atoms with van der Waals surface area (Å²) in [5.41, 5.74) is 8.24. The van der Waals surface area contributed by atoms with Crippen molar-refractivity contribution >= 4 is 23.3 Å². The number of piperidine rings is 1. The molecule has 12 nitrogen and oxygen atoms in total. The van der Waals surface area contributed by atoms with E-state index in [2.05, 4.69) is 16.0 Å².